The van der Waals surface area contributed by atoms with E-state index >= 15 is 0 Å². The first-order chi connectivity index (χ1) is 15.5. The largest absolute Gasteiger partial charge is 0.507 e. The minimum Gasteiger partial charge on any atom is -0.507 e. The summed E-state index contributed by atoms with van der Waals surface area (Å²) in [5, 5.41) is 11.1. The van der Waals surface area contributed by atoms with Gasteiger partial charge in [0.05, 0.1) is 30.6 Å². The molecule has 1 aliphatic rings. The molecular formula is C23H21FN4O4. The average molecular weight is 436 g/mol. The predicted molar refractivity (Wildman–Crippen MR) is 113 cm³/mol. The minimum absolute atomic E-state index is 0.00275. The predicted octanol–water partition coefficient (Wildman–Crippen LogP) is 2.94. The van der Waals surface area contributed by atoms with Gasteiger partial charge in [-0.05, 0) is 42.3 Å². The first kappa shape index (κ1) is 21.2. The summed E-state index contributed by atoms with van der Waals surface area (Å²) in [6.07, 6.45) is 8.80. The number of rotatable bonds is 7. The quantitative estimate of drug-likeness (QED) is 0.348. The third-order valence-electron chi connectivity index (χ3n) is 5.35. The minimum atomic E-state index is -0.839. The Morgan fingerprint density at radius 1 is 1.12 bits per heavy atom. The highest BCUT2D eigenvalue weighted by molar-refractivity contribution is 6.46. The maximum atomic E-state index is 13.9. The van der Waals surface area contributed by atoms with Crippen LogP contribution < -0.4 is 4.74 Å². The second kappa shape index (κ2) is 9.01. The Morgan fingerprint density at radius 2 is 1.91 bits per heavy atom. The fourth-order valence-corrected chi connectivity index (χ4v) is 3.86. The number of likely N-dealkylation sites (tertiary alicyclic amines) is 1. The molecule has 1 amide bonds. The second-order valence-electron chi connectivity index (χ2n) is 7.27. The molecule has 0 saturated carbocycles. The van der Waals surface area contributed by atoms with Crippen molar-refractivity contribution < 1.29 is 23.8 Å². The molecule has 0 aliphatic carbocycles. The smallest absolute Gasteiger partial charge is 0.295 e. The van der Waals surface area contributed by atoms with Crippen LogP contribution in [-0.4, -0.2) is 49.9 Å². The van der Waals surface area contributed by atoms with Crippen molar-refractivity contribution in [3.63, 3.8) is 0 Å². The summed E-state index contributed by atoms with van der Waals surface area (Å²) < 4.78 is 21.0. The van der Waals surface area contributed by atoms with E-state index in [1.807, 2.05) is 10.8 Å². The lowest BCUT2D eigenvalue weighted by Gasteiger charge is -2.25. The normalized spacial score (nSPS) is 17.7. The Labute approximate surface area is 183 Å². The molecule has 1 aliphatic heterocycles. The number of benzene rings is 1. The van der Waals surface area contributed by atoms with Crippen molar-refractivity contribution in [3.05, 3.63) is 84.0 Å². The number of ketones is 1. The molecule has 164 valence electrons. The van der Waals surface area contributed by atoms with Crippen LogP contribution in [0.1, 0.15) is 23.6 Å². The zero-order valence-corrected chi connectivity index (χ0v) is 17.3. The van der Waals surface area contributed by atoms with Gasteiger partial charge in [-0.25, -0.2) is 9.37 Å². The van der Waals surface area contributed by atoms with Crippen molar-refractivity contribution in [1.29, 1.82) is 0 Å². The SMILES string of the molecule is COc1ccc(F)cc1/C(O)=C1\C(=O)C(=O)N(CCCn2ccnc2)[C@@H]1c1ccncc1. The van der Waals surface area contributed by atoms with E-state index in [0.29, 0.717) is 18.5 Å². The number of nitrogens with zero attached hydrogens (tertiary/aromatic N) is 4. The van der Waals surface area contributed by atoms with Gasteiger partial charge in [0.15, 0.2) is 0 Å². The average Bonchev–Trinajstić information content (AvgIpc) is 3.41. The van der Waals surface area contributed by atoms with Gasteiger partial charge in [0.25, 0.3) is 11.7 Å². The van der Waals surface area contributed by atoms with E-state index in [0.717, 1.165) is 6.07 Å². The number of aliphatic hydroxyl groups excluding tert-OH is 1. The molecule has 3 aromatic rings. The number of methoxy groups -OCH3 is 1. The van der Waals surface area contributed by atoms with Gasteiger partial charge in [-0.3, -0.25) is 14.6 Å². The monoisotopic (exact) mass is 436 g/mol. The van der Waals surface area contributed by atoms with Gasteiger partial charge in [-0.15, -0.1) is 0 Å². The third kappa shape index (κ3) is 3.96. The fraction of sp³-hybridized carbons (Fsp3) is 0.217. The number of aryl methyl sites for hydroxylation is 1. The molecule has 1 atom stereocenters. The van der Waals surface area contributed by atoms with Crippen molar-refractivity contribution in [2.75, 3.05) is 13.7 Å². The molecule has 8 nitrogen and oxygen atoms in total. The van der Waals surface area contributed by atoms with Gasteiger partial charge in [-0.1, -0.05) is 0 Å². The number of aliphatic hydroxyl groups is 1. The number of ether oxygens (including phenoxy) is 1. The van der Waals surface area contributed by atoms with E-state index in [-0.39, 0.29) is 23.4 Å². The number of hydrogen-bond acceptors (Lipinski definition) is 6. The number of carbonyl (C=O) groups is 2. The summed E-state index contributed by atoms with van der Waals surface area (Å²) in [5.74, 6) is -2.47. The summed E-state index contributed by atoms with van der Waals surface area (Å²) in [6.45, 7) is 0.872. The van der Waals surface area contributed by atoms with Crippen LogP contribution in [0.3, 0.4) is 0 Å². The molecule has 2 aromatic heterocycles. The molecule has 0 spiro atoms. The Bertz CT molecular complexity index is 1160. The summed E-state index contributed by atoms with van der Waals surface area (Å²) in [6, 6.07) is 6.13. The number of imidazole rings is 1. The molecule has 9 heteroatoms. The number of hydrogen-bond donors (Lipinski definition) is 1. The molecule has 4 rings (SSSR count). The van der Waals surface area contributed by atoms with Gasteiger partial charge in [0, 0.05) is 37.9 Å². The fourth-order valence-electron chi connectivity index (χ4n) is 3.86. The van der Waals surface area contributed by atoms with E-state index in [2.05, 4.69) is 9.97 Å². The maximum absolute atomic E-state index is 13.9. The van der Waals surface area contributed by atoms with E-state index < -0.39 is 29.3 Å². The van der Waals surface area contributed by atoms with E-state index in [9.17, 15) is 19.1 Å². The molecule has 1 N–H and O–H groups in total. The standard InChI is InChI=1S/C23H21FN4O4/c1-32-18-4-3-16(24)13-17(18)21(29)19-20(15-5-7-25-8-6-15)28(23(31)22(19)30)11-2-10-27-12-9-26-14-27/h3-9,12-14,20,29H,2,10-11H2,1H3/b21-19+/t20-/m1/s1. The van der Waals surface area contributed by atoms with Crippen LogP contribution in [0.5, 0.6) is 5.75 Å². The lowest BCUT2D eigenvalue weighted by atomic mass is 9.95. The highest BCUT2D eigenvalue weighted by atomic mass is 19.1. The highest BCUT2D eigenvalue weighted by Gasteiger charge is 2.46. The van der Waals surface area contributed by atoms with Crippen LogP contribution in [0, 0.1) is 5.82 Å². The number of amides is 1. The summed E-state index contributed by atoms with van der Waals surface area (Å²) in [4.78, 5) is 35.4. The highest BCUT2D eigenvalue weighted by Crippen LogP contribution is 2.40. The van der Waals surface area contributed by atoms with Crippen LogP contribution in [0.25, 0.3) is 5.76 Å². The zero-order valence-electron chi connectivity index (χ0n) is 17.3. The molecule has 0 unspecified atom stereocenters. The van der Waals surface area contributed by atoms with E-state index in [1.54, 1.807) is 37.1 Å². The van der Waals surface area contributed by atoms with Crippen LogP contribution in [0.2, 0.25) is 0 Å². The Hall–Kier alpha value is -4.01. The number of carbonyl (C=O) groups excluding carboxylic acids is 2. The van der Waals surface area contributed by atoms with E-state index in [1.165, 1.54) is 24.1 Å². The Kier molecular flexibility index (Phi) is 5.98. The summed E-state index contributed by atoms with van der Waals surface area (Å²) >= 11 is 0. The maximum Gasteiger partial charge on any atom is 0.295 e. The lowest BCUT2D eigenvalue weighted by Crippen LogP contribution is -2.31. The van der Waals surface area contributed by atoms with Crippen LogP contribution >= 0.6 is 0 Å². The van der Waals surface area contributed by atoms with Crippen LogP contribution in [0.4, 0.5) is 4.39 Å². The molecule has 3 heterocycles. The van der Waals surface area contributed by atoms with Crippen molar-refractivity contribution in [2.45, 2.75) is 19.0 Å². The van der Waals surface area contributed by atoms with Gasteiger partial charge in [0.2, 0.25) is 0 Å². The number of aromatic nitrogens is 3. The molecule has 1 aromatic carbocycles. The topological polar surface area (TPSA) is 97.6 Å². The van der Waals surface area contributed by atoms with Crippen molar-refractivity contribution in [1.82, 2.24) is 19.4 Å². The van der Waals surface area contributed by atoms with Crippen LogP contribution in [-0.2, 0) is 16.1 Å². The first-order valence-corrected chi connectivity index (χ1v) is 9.99. The Balaban J connectivity index is 1.76. The molecule has 0 bridgehead atoms. The third-order valence-corrected chi connectivity index (χ3v) is 5.35. The molecular weight excluding hydrogens is 415 g/mol. The van der Waals surface area contributed by atoms with Crippen molar-refractivity contribution in [2.24, 2.45) is 0 Å². The second-order valence-corrected chi connectivity index (χ2v) is 7.27. The molecule has 0 radical (unpaired) electrons. The number of Topliss-reactive ketones (excluding diaryl/α,β-unsaturated/α-hetero) is 1. The molecule has 1 fully saturated rings. The van der Waals surface area contributed by atoms with Crippen molar-refractivity contribution >= 4 is 17.4 Å². The Morgan fingerprint density at radius 3 is 2.59 bits per heavy atom. The molecule has 1 saturated heterocycles. The van der Waals surface area contributed by atoms with Crippen LogP contribution in [0.15, 0.2) is 67.0 Å². The van der Waals surface area contributed by atoms with E-state index in [4.69, 9.17) is 4.74 Å². The van der Waals surface area contributed by atoms with Crippen molar-refractivity contribution in [3.8, 4) is 5.75 Å². The van der Waals surface area contributed by atoms with Gasteiger partial charge >= 0.3 is 0 Å². The van der Waals surface area contributed by atoms with Gasteiger partial charge in [-0.2, -0.15) is 0 Å². The van der Waals surface area contributed by atoms with Gasteiger partial charge < -0.3 is 19.3 Å². The van der Waals surface area contributed by atoms with Gasteiger partial charge in [0.1, 0.15) is 17.3 Å². The summed E-state index contributed by atoms with van der Waals surface area (Å²) in [5.41, 5.74) is 0.495. The molecule has 32 heavy (non-hydrogen) atoms. The number of pyridine rings is 1. The number of halogens is 1. The lowest BCUT2D eigenvalue weighted by molar-refractivity contribution is -0.139. The zero-order chi connectivity index (χ0) is 22.7. The summed E-state index contributed by atoms with van der Waals surface area (Å²) in [7, 11) is 1.37. The first-order valence-electron chi connectivity index (χ1n) is 9.99.